The molecule has 1 fully saturated rings. The second-order valence-electron chi connectivity index (χ2n) is 8.01. The normalized spacial score (nSPS) is 15.3. The molecule has 6 rings (SSSR count). The molecular formula is C25H22FN5OS. The Balaban J connectivity index is 1.27. The first-order valence-corrected chi connectivity index (χ1v) is 11.8. The summed E-state index contributed by atoms with van der Waals surface area (Å²) in [6, 6.07) is 22.0. The van der Waals surface area contributed by atoms with Crippen LogP contribution in [0.5, 0.6) is 0 Å². The van der Waals surface area contributed by atoms with Crippen molar-refractivity contribution in [3.8, 4) is 5.69 Å². The SMILES string of the molecule is Fc1cc(-n2cc(CN3c4ccccc4Sc4ccccc43)nn2)ccc1N1CCOCC1. The Hall–Kier alpha value is -3.36. The molecule has 0 radical (unpaired) electrons. The van der Waals surface area contributed by atoms with Gasteiger partial charge in [0.15, 0.2) is 0 Å². The van der Waals surface area contributed by atoms with Crippen LogP contribution in [0, 0.1) is 5.82 Å². The number of morpholine rings is 1. The molecule has 0 amide bonds. The highest BCUT2D eigenvalue weighted by molar-refractivity contribution is 7.99. The van der Waals surface area contributed by atoms with Gasteiger partial charge in [-0.1, -0.05) is 41.2 Å². The van der Waals surface area contributed by atoms with Crippen LogP contribution in [0.15, 0.2) is 82.7 Å². The van der Waals surface area contributed by atoms with Crippen LogP contribution in [-0.4, -0.2) is 41.3 Å². The van der Waals surface area contributed by atoms with Gasteiger partial charge in [-0.2, -0.15) is 0 Å². The average molecular weight is 460 g/mol. The molecule has 8 heteroatoms. The van der Waals surface area contributed by atoms with Crippen molar-refractivity contribution in [3.05, 3.63) is 84.4 Å². The molecule has 0 N–H and O–H groups in total. The van der Waals surface area contributed by atoms with Gasteiger partial charge in [-0.3, -0.25) is 0 Å². The summed E-state index contributed by atoms with van der Waals surface area (Å²) in [4.78, 5) is 6.70. The standard InChI is InChI=1S/C25H22FN5OS/c26-20-15-19(9-10-21(20)29-11-13-32-14-12-29)31-17-18(27-28-31)16-30-22-5-1-3-7-24(22)33-25-8-4-2-6-23(25)30/h1-10,15,17H,11-14,16H2. The van der Waals surface area contributed by atoms with Gasteiger partial charge in [0.05, 0.1) is 48.7 Å². The zero-order chi connectivity index (χ0) is 22.2. The summed E-state index contributed by atoms with van der Waals surface area (Å²) in [6.45, 7) is 3.20. The Bertz CT molecular complexity index is 1260. The van der Waals surface area contributed by atoms with E-state index >= 15 is 0 Å². The van der Waals surface area contributed by atoms with E-state index < -0.39 is 0 Å². The smallest absolute Gasteiger partial charge is 0.148 e. The monoisotopic (exact) mass is 459 g/mol. The van der Waals surface area contributed by atoms with Gasteiger partial charge in [-0.15, -0.1) is 5.10 Å². The summed E-state index contributed by atoms with van der Waals surface area (Å²) in [5, 5.41) is 8.67. The fraction of sp³-hybridized carbons (Fsp3) is 0.200. The Morgan fingerprint density at radius 3 is 2.27 bits per heavy atom. The average Bonchev–Trinajstić information content (AvgIpc) is 3.33. The van der Waals surface area contributed by atoms with Crippen LogP contribution in [0.3, 0.4) is 0 Å². The Labute approximate surface area is 195 Å². The van der Waals surface area contributed by atoms with E-state index in [2.05, 4.69) is 63.7 Å². The lowest BCUT2D eigenvalue weighted by Gasteiger charge is -2.32. The predicted molar refractivity (Wildman–Crippen MR) is 127 cm³/mol. The molecule has 0 saturated carbocycles. The van der Waals surface area contributed by atoms with E-state index in [1.165, 1.54) is 15.9 Å². The maximum Gasteiger partial charge on any atom is 0.148 e. The molecule has 166 valence electrons. The van der Waals surface area contributed by atoms with E-state index in [4.69, 9.17) is 4.74 Å². The maximum absolute atomic E-state index is 14.9. The van der Waals surface area contributed by atoms with Crippen LogP contribution in [-0.2, 0) is 11.3 Å². The number of ether oxygens (including phenoxy) is 1. The van der Waals surface area contributed by atoms with Gasteiger partial charge in [0.1, 0.15) is 11.5 Å². The van der Waals surface area contributed by atoms with Crippen LogP contribution in [0.2, 0.25) is 0 Å². The van der Waals surface area contributed by atoms with E-state index in [0.29, 0.717) is 44.2 Å². The number of hydrogen-bond donors (Lipinski definition) is 0. The van der Waals surface area contributed by atoms with Crippen molar-refractivity contribution in [3.63, 3.8) is 0 Å². The fourth-order valence-corrected chi connectivity index (χ4v) is 5.41. The molecule has 0 unspecified atom stereocenters. The quantitative estimate of drug-likeness (QED) is 0.426. The van der Waals surface area contributed by atoms with E-state index in [0.717, 1.165) is 17.1 Å². The van der Waals surface area contributed by atoms with Gasteiger partial charge in [0.25, 0.3) is 0 Å². The number of nitrogens with zero attached hydrogens (tertiary/aromatic N) is 5. The molecule has 2 aliphatic rings. The van der Waals surface area contributed by atoms with Gasteiger partial charge in [0.2, 0.25) is 0 Å². The minimum Gasteiger partial charge on any atom is -0.378 e. The maximum atomic E-state index is 14.9. The van der Waals surface area contributed by atoms with Crippen LogP contribution >= 0.6 is 11.8 Å². The molecule has 33 heavy (non-hydrogen) atoms. The Morgan fingerprint density at radius 1 is 0.879 bits per heavy atom. The lowest BCUT2D eigenvalue weighted by molar-refractivity contribution is 0.122. The summed E-state index contributed by atoms with van der Waals surface area (Å²) in [5.74, 6) is -0.262. The van der Waals surface area contributed by atoms with E-state index in [9.17, 15) is 4.39 Å². The van der Waals surface area contributed by atoms with Crippen LogP contribution in [0.4, 0.5) is 21.5 Å². The molecule has 0 aliphatic carbocycles. The molecule has 0 spiro atoms. The highest BCUT2D eigenvalue weighted by atomic mass is 32.2. The first-order valence-electron chi connectivity index (χ1n) is 10.9. The van der Waals surface area contributed by atoms with E-state index in [1.54, 1.807) is 16.4 Å². The molecular weight excluding hydrogens is 437 g/mol. The molecule has 4 aromatic rings. The summed E-state index contributed by atoms with van der Waals surface area (Å²) in [7, 11) is 0. The number of rotatable bonds is 4. The fourth-order valence-electron chi connectivity index (χ4n) is 4.31. The Kier molecular flexibility index (Phi) is 5.24. The van der Waals surface area contributed by atoms with Crippen LogP contribution in [0.25, 0.3) is 5.69 Å². The lowest BCUT2D eigenvalue weighted by Crippen LogP contribution is -2.36. The first-order chi connectivity index (χ1) is 16.3. The van der Waals surface area contributed by atoms with Crippen LogP contribution in [0.1, 0.15) is 5.69 Å². The van der Waals surface area contributed by atoms with Crippen molar-refractivity contribution in [1.82, 2.24) is 15.0 Å². The van der Waals surface area contributed by atoms with Crippen molar-refractivity contribution in [2.75, 3.05) is 36.1 Å². The largest absolute Gasteiger partial charge is 0.378 e. The highest BCUT2D eigenvalue weighted by Crippen LogP contribution is 2.48. The number of para-hydroxylation sites is 2. The van der Waals surface area contributed by atoms with Gasteiger partial charge >= 0.3 is 0 Å². The number of hydrogen-bond acceptors (Lipinski definition) is 6. The molecule has 3 heterocycles. The predicted octanol–water partition coefficient (Wildman–Crippen LogP) is 5.05. The number of benzene rings is 3. The van der Waals surface area contributed by atoms with Crippen molar-refractivity contribution < 1.29 is 9.13 Å². The summed E-state index contributed by atoms with van der Waals surface area (Å²) in [6.07, 6.45) is 1.87. The molecule has 6 nitrogen and oxygen atoms in total. The lowest BCUT2D eigenvalue weighted by atomic mass is 10.2. The second-order valence-corrected chi connectivity index (χ2v) is 9.10. The van der Waals surface area contributed by atoms with E-state index in [-0.39, 0.29) is 5.82 Å². The molecule has 1 aromatic heterocycles. The Morgan fingerprint density at radius 2 is 1.58 bits per heavy atom. The van der Waals surface area contributed by atoms with Crippen molar-refractivity contribution >= 4 is 28.8 Å². The highest BCUT2D eigenvalue weighted by Gasteiger charge is 2.24. The second kappa shape index (κ2) is 8.53. The number of aromatic nitrogens is 3. The van der Waals surface area contributed by atoms with Crippen LogP contribution < -0.4 is 9.80 Å². The minimum atomic E-state index is -0.262. The number of fused-ring (bicyclic) bond motifs is 2. The molecule has 3 aromatic carbocycles. The van der Waals surface area contributed by atoms with Gasteiger partial charge in [-0.25, -0.2) is 9.07 Å². The third kappa shape index (κ3) is 3.85. The zero-order valence-corrected chi connectivity index (χ0v) is 18.7. The molecule has 2 aliphatic heterocycles. The van der Waals surface area contributed by atoms with Gasteiger partial charge in [-0.05, 0) is 36.4 Å². The van der Waals surface area contributed by atoms with E-state index in [1.807, 2.05) is 23.2 Å². The number of halogens is 1. The summed E-state index contributed by atoms with van der Waals surface area (Å²) in [5.41, 5.74) is 4.36. The topological polar surface area (TPSA) is 46.4 Å². The van der Waals surface area contributed by atoms with Crippen molar-refractivity contribution in [2.45, 2.75) is 16.3 Å². The van der Waals surface area contributed by atoms with Crippen molar-refractivity contribution in [2.24, 2.45) is 0 Å². The van der Waals surface area contributed by atoms with Crippen molar-refractivity contribution in [1.29, 1.82) is 0 Å². The first kappa shape index (κ1) is 20.3. The summed E-state index contributed by atoms with van der Waals surface area (Å²) >= 11 is 1.78. The van der Waals surface area contributed by atoms with Gasteiger partial charge in [0, 0.05) is 28.9 Å². The molecule has 0 bridgehead atoms. The van der Waals surface area contributed by atoms with Gasteiger partial charge < -0.3 is 14.5 Å². The number of anilines is 3. The molecule has 0 atom stereocenters. The summed E-state index contributed by atoms with van der Waals surface area (Å²) < 4.78 is 21.9. The third-order valence-electron chi connectivity index (χ3n) is 5.94. The zero-order valence-electron chi connectivity index (χ0n) is 17.9. The molecule has 1 saturated heterocycles. The minimum absolute atomic E-state index is 0.262. The third-order valence-corrected chi connectivity index (χ3v) is 7.07.